The molecule has 1 atom stereocenters. The van der Waals surface area contributed by atoms with Crippen LogP contribution in [0.15, 0.2) is 36.4 Å². The van der Waals surface area contributed by atoms with Crippen molar-refractivity contribution in [2.75, 3.05) is 6.54 Å². The van der Waals surface area contributed by atoms with Crippen molar-refractivity contribution in [2.45, 2.75) is 26.2 Å². The van der Waals surface area contributed by atoms with Crippen LogP contribution >= 0.6 is 11.6 Å². The van der Waals surface area contributed by atoms with E-state index in [1.165, 1.54) is 16.7 Å². The highest BCUT2D eigenvalue weighted by Crippen LogP contribution is 2.28. The highest BCUT2D eigenvalue weighted by Gasteiger charge is 2.14. The van der Waals surface area contributed by atoms with Gasteiger partial charge < -0.3 is 10.8 Å². The van der Waals surface area contributed by atoms with Gasteiger partial charge in [-0.2, -0.15) is 0 Å². The number of aryl methyl sites for hydroxylation is 2. The minimum atomic E-state index is 0.117. The SMILES string of the molecule is Cc1ccc(C)c(C(CN)Cc2ccc(O)c(Cl)c2)c1. The van der Waals surface area contributed by atoms with Crippen LogP contribution in [0.4, 0.5) is 0 Å². The van der Waals surface area contributed by atoms with E-state index in [1.807, 2.05) is 12.1 Å². The molecule has 2 nitrogen and oxygen atoms in total. The number of phenols is 1. The monoisotopic (exact) mass is 289 g/mol. The Morgan fingerprint density at radius 3 is 2.55 bits per heavy atom. The molecule has 0 aliphatic rings. The molecule has 0 radical (unpaired) electrons. The molecule has 2 aromatic carbocycles. The molecule has 0 aliphatic carbocycles. The van der Waals surface area contributed by atoms with E-state index in [9.17, 15) is 5.11 Å². The second-order valence-electron chi connectivity index (χ2n) is 5.28. The maximum absolute atomic E-state index is 9.48. The summed E-state index contributed by atoms with van der Waals surface area (Å²) in [7, 11) is 0. The molecule has 106 valence electrons. The Balaban J connectivity index is 2.28. The van der Waals surface area contributed by atoms with E-state index in [-0.39, 0.29) is 11.7 Å². The lowest BCUT2D eigenvalue weighted by Gasteiger charge is -2.19. The molecule has 0 aromatic heterocycles. The molecular formula is C17H20ClNO. The van der Waals surface area contributed by atoms with Crippen molar-refractivity contribution in [3.05, 3.63) is 63.7 Å². The number of phenolic OH excluding ortho intramolecular Hbond substituents is 1. The zero-order valence-electron chi connectivity index (χ0n) is 11.9. The first-order valence-corrected chi connectivity index (χ1v) is 7.13. The van der Waals surface area contributed by atoms with Gasteiger partial charge in [0.25, 0.3) is 0 Å². The van der Waals surface area contributed by atoms with Crippen molar-refractivity contribution in [1.82, 2.24) is 0 Å². The number of nitrogens with two attached hydrogens (primary N) is 1. The van der Waals surface area contributed by atoms with E-state index in [0.29, 0.717) is 11.6 Å². The summed E-state index contributed by atoms with van der Waals surface area (Å²) < 4.78 is 0. The van der Waals surface area contributed by atoms with E-state index in [2.05, 4.69) is 32.0 Å². The Bertz CT molecular complexity index is 610. The third kappa shape index (κ3) is 3.33. The molecule has 0 aliphatic heterocycles. The number of aromatic hydroxyl groups is 1. The zero-order valence-corrected chi connectivity index (χ0v) is 12.6. The lowest BCUT2D eigenvalue weighted by Crippen LogP contribution is -2.16. The van der Waals surface area contributed by atoms with Crippen LogP contribution in [0, 0.1) is 13.8 Å². The van der Waals surface area contributed by atoms with Crippen molar-refractivity contribution in [3.8, 4) is 5.75 Å². The Kier molecular flexibility index (Phi) is 4.69. The third-order valence-electron chi connectivity index (χ3n) is 3.65. The van der Waals surface area contributed by atoms with Crippen molar-refractivity contribution in [1.29, 1.82) is 0 Å². The number of rotatable bonds is 4. The second kappa shape index (κ2) is 6.29. The summed E-state index contributed by atoms with van der Waals surface area (Å²) in [6.45, 7) is 4.79. The summed E-state index contributed by atoms with van der Waals surface area (Å²) in [5.41, 5.74) is 10.8. The van der Waals surface area contributed by atoms with Crippen LogP contribution in [0.1, 0.15) is 28.2 Å². The van der Waals surface area contributed by atoms with Gasteiger partial charge in [0, 0.05) is 5.92 Å². The van der Waals surface area contributed by atoms with Gasteiger partial charge in [-0.1, -0.05) is 41.4 Å². The van der Waals surface area contributed by atoms with E-state index < -0.39 is 0 Å². The van der Waals surface area contributed by atoms with Gasteiger partial charge >= 0.3 is 0 Å². The first kappa shape index (κ1) is 14.9. The molecule has 0 heterocycles. The predicted octanol–water partition coefficient (Wildman–Crippen LogP) is 3.95. The quantitative estimate of drug-likeness (QED) is 0.895. The van der Waals surface area contributed by atoms with Gasteiger partial charge in [0.2, 0.25) is 0 Å². The van der Waals surface area contributed by atoms with Gasteiger partial charge in [0.05, 0.1) is 5.02 Å². The van der Waals surface area contributed by atoms with Gasteiger partial charge in [-0.25, -0.2) is 0 Å². The Hall–Kier alpha value is -1.51. The molecule has 0 saturated carbocycles. The van der Waals surface area contributed by atoms with Gasteiger partial charge in [0.1, 0.15) is 5.75 Å². The van der Waals surface area contributed by atoms with Gasteiger partial charge in [-0.05, 0) is 55.6 Å². The maximum atomic E-state index is 9.48. The Morgan fingerprint density at radius 1 is 1.15 bits per heavy atom. The minimum Gasteiger partial charge on any atom is -0.506 e. The number of benzene rings is 2. The van der Waals surface area contributed by atoms with Crippen LogP contribution in [0.2, 0.25) is 5.02 Å². The summed E-state index contributed by atoms with van der Waals surface area (Å²) >= 11 is 5.96. The predicted molar refractivity (Wildman–Crippen MR) is 84.5 cm³/mol. The van der Waals surface area contributed by atoms with Crippen molar-refractivity contribution >= 4 is 11.6 Å². The van der Waals surface area contributed by atoms with E-state index in [4.69, 9.17) is 17.3 Å². The summed E-state index contributed by atoms with van der Waals surface area (Å²) in [6.07, 6.45) is 0.820. The molecule has 20 heavy (non-hydrogen) atoms. The largest absolute Gasteiger partial charge is 0.506 e. The van der Waals surface area contributed by atoms with Crippen molar-refractivity contribution in [3.63, 3.8) is 0 Å². The first-order valence-electron chi connectivity index (χ1n) is 6.76. The number of hydrogen-bond donors (Lipinski definition) is 2. The standard InChI is InChI=1S/C17H20ClNO/c1-11-3-4-12(2)15(7-11)14(10-19)8-13-5-6-17(20)16(18)9-13/h3-7,9,14,20H,8,10,19H2,1-2H3. The zero-order chi connectivity index (χ0) is 14.7. The fourth-order valence-corrected chi connectivity index (χ4v) is 2.69. The topological polar surface area (TPSA) is 46.2 Å². The molecule has 2 aromatic rings. The third-order valence-corrected chi connectivity index (χ3v) is 3.96. The fraction of sp³-hybridized carbons (Fsp3) is 0.294. The van der Waals surface area contributed by atoms with Crippen LogP contribution in [0.5, 0.6) is 5.75 Å². The van der Waals surface area contributed by atoms with Gasteiger partial charge in [-0.3, -0.25) is 0 Å². The van der Waals surface area contributed by atoms with E-state index >= 15 is 0 Å². The second-order valence-corrected chi connectivity index (χ2v) is 5.69. The van der Waals surface area contributed by atoms with Crippen LogP contribution in [0.25, 0.3) is 0 Å². The van der Waals surface area contributed by atoms with E-state index in [0.717, 1.165) is 12.0 Å². The Labute approximate surface area is 125 Å². The number of halogens is 1. The maximum Gasteiger partial charge on any atom is 0.134 e. The van der Waals surface area contributed by atoms with E-state index in [1.54, 1.807) is 6.07 Å². The van der Waals surface area contributed by atoms with Crippen LogP contribution < -0.4 is 5.73 Å². The molecule has 0 spiro atoms. The molecular weight excluding hydrogens is 270 g/mol. The van der Waals surface area contributed by atoms with Crippen LogP contribution in [-0.4, -0.2) is 11.7 Å². The first-order chi connectivity index (χ1) is 9.51. The highest BCUT2D eigenvalue weighted by molar-refractivity contribution is 6.32. The van der Waals surface area contributed by atoms with Crippen molar-refractivity contribution < 1.29 is 5.11 Å². The minimum absolute atomic E-state index is 0.117. The smallest absolute Gasteiger partial charge is 0.134 e. The summed E-state index contributed by atoms with van der Waals surface area (Å²) in [5.74, 6) is 0.377. The molecule has 2 rings (SSSR count). The molecule has 0 saturated heterocycles. The van der Waals surface area contributed by atoms with Gasteiger partial charge in [0.15, 0.2) is 0 Å². The molecule has 0 bridgehead atoms. The van der Waals surface area contributed by atoms with Crippen LogP contribution in [0.3, 0.4) is 0 Å². The molecule has 1 unspecified atom stereocenters. The summed E-state index contributed by atoms with van der Waals surface area (Å²) in [4.78, 5) is 0. The molecule has 3 N–H and O–H groups in total. The molecule has 0 amide bonds. The fourth-order valence-electron chi connectivity index (χ4n) is 2.48. The molecule has 3 heteroatoms. The summed E-state index contributed by atoms with van der Waals surface area (Å²) in [5, 5.41) is 9.86. The lowest BCUT2D eigenvalue weighted by atomic mass is 9.88. The highest BCUT2D eigenvalue weighted by atomic mass is 35.5. The normalized spacial score (nSPS) is 12.4. The van der Waals surface area contributed by atoms with Gasteiger partial charge in [-0.15, -0.1) is 0 Å². The number of hydrogen-bond acceptors (Lipinski definition) is 2. The van der Waals surface area contributed by atoms with Crippen LogP contribution in [-0.2, 0) is 6.42 Å². The average molecular weight is 290 g/mol. The van der Waals surface area contributed by atoms with Crippen molar-refractivity contribution in [2.24, 2.45) is 5.73 Å². The Morgan fingerprint density at radius 2 is 1.90 bits per heavy atom. The molecule has 0 fully saturated rings. The summed E-state index contributed by atoms with van der Waals surface area (Å²) in [6, 6.07) is 11.8. The average Bonchev–Trinajstić information content (AvgIpc) is 2.43. The lowest BCUT2D eigenvalue weighted by molar-refractivity contribution is 0.475.